The minimum atomic E-state index is -0.0184. The molecule has 2 atom stereocenters. The van der Waals surface area contributed by atoms with Crippen molar-refractivity contribution in [2.24, 2.45) is 11.7 Å². The van der Waals surface area contributed by atoms with Crippen LogP contribution in [0.4, 0.5) is 0 Å². The van der Waals surface area contributed by atoms with Gasteiger partial charge in [0.05, 0.1) is 12.5 Å². The van der Waals surface area contributed by atoms with Crippen molar-refractivity contribution in [2.45, 2.75) is 38.8 Å². The van der Waals surface area contributed by atoms with Crippen LogP contribution in [0.2, 0.25) is 0 Å². The van der Waals surface area contributed by atoms with Crippen molar-refractivity contribution in [1.29, 1.82) is 0 Å². The molecule has 20 heavy (non-hydrogen) atoms. The fourth-order valence-corrected chi connectivity index (χ4v) is 2.55. The number of amides is 1. The standard InChI is InChI=1S/C15H22N2O2.ClH/c1-2-19-12-6-3-5-11(9-12)10-17-15(18)13-7-4-8-14(13)16;/h3,5-6,9,13-14H,2,4,7-8,10,16H2,1H3,(H,17,18);1H. The monoisotopic (exact) mass is 298 g/mol. The van der Waals surface area contributed by atoms with E-state index < -0.39 is 0 Å². The molecule has 2 rings (SSSR count). The van der Waals surface area contributed by atoms with Crippen LogP contribution in [0.15, 0.2) is 24.3 Å². The van der Waals surface area contributed by atoms with Crippen molar-refractivity contribution >= 4 is 18.3 Å². The summed E-state index contributed by atoms with van der Waals surface area (Å²) in [6, 6.07) is 7.82. The lowest BCUT2D eigenvalue weighted by atomic mass is 10.0. The molecule has 1 fully saturated rings. The van der Waals surface area contributed by atoms with E-state index in [1.165, 1.54) is 0 Å². The molecule has 112 valence electrons. The zero-order valence-electron chi connectivity index (χ0n) is 11.8. The summed E-state index contributed by atoms with van der Waals surface area (Å²) in [4.78, 5) is 12.0. The number of benzene rings is 1. The van der Waals surface area contributed by atoms with Crippen LogP contribution in [0, 0.1) is 5.92 Å². The second-order valence-corrected chi connectivity index (χ2v) is 5.00. The summed E-state index contributed by atoms with van der Waals surface area (Å²) in [5.74, 6) is 0.897. The van der Waals surface area contributed by atoms with Gasteiger partial charge in [0.1, 0.15) is 5.75 Å². The third-order valence-corrected chi connectivity index (χ3v) is 3.58. The summed E-state index contributed by atoms with van der Waals surface area (Å²) in [6.07, 6.45) is 2.92. The fourth-order valence-electron chi connectivity index (χ4n) is 2.55. The van der Waals surface area contributed by atoms with Crippen molar-refractivity contribution < 1.29 is 9.53 Å². The minimum Gasteiger partial charge on any atom is -0.494 e. The molecule has 0 radical (unpaired) electrons. The molecule has 0 spiro atoms. The first-order valence-corrected chi connectivity index (χ1v) is 6.95. The molecule has 1 aliphatic rings. The summed E-state index contributed by atoms with van der Waals surface area (Å²) >= 11 is 0. The molecule has 1 aromatic carbocycles. The van der Waals surface area contributed by atoms with Crippen LogP contribution in [0.5, 0.6) is 5.75 Å². The summed E-state index contributed by atoms with van der Waals surface area (Å²) in [7, 11) is 0. The van der Waals surface area contributed by atoms with E-state index in [0.29, 0.717) is 13.2 Å². The van der Waals surface area contributed by atoms with Gasteiger partial charge in [-0.1, -0.05) is 18.6 Å². The molecule has 0 aliphatic heterocycles. The topological polar surface area (TPSA) is 64.3 Å². The quantitative estimate of drug-likeness (QED) is 0.876. The number of rotatable bonds is 5. The molecular weight excluding hydrogens is 276 g/mol. The maximum absolute atomic E-state index is 12.0. The smallest absolute Gasteiger partial charge is 0.224 e. The molecule has 2 unspecified atom stereocenters. The van der Waals surface area contributed by atoms with Crippen molar-refractivity contribution in [2.75, 3.05) is 6.61 Å². The van der Waals surface area contributed by atoms with E-state index >= 15 is 0 Å². The average Bonchev–Trinajstić information content (AvgIpc) is 2.83. The predicted octanol–water partition coefficient (Wildman–Crippen LogP) is 2.25. The fraction of sp³-hybridized carbons (Fsp3) is 0.533. The van der Waals surface area contributed by atoms with Crippen molar-refractivity contribution in [1.82, 2.24) is 5.32 Å². The molecule has 1 saturated carbocycles. The van der Waals surface area contributed by atoms with E-state index in [1.54, 1.807) is 0 Å². The molecule has 0 saturated heterocycles. The Morgan fingerprint density at radius 1 is 1.45 bits per heavy atom. The first-order chi connectivity index (χ1) is 9.20. The second kappa shape index (κ2) is 8.12. The van der Waals surface area contributed by atoms with Gasteiger partial charge in [0, 0.05) is 12.6 Å². The lowest BCUT2D eigenvalue weighted by molar-refractivity contribution is -0.125. The zero-order chi connectivity index (χ0) is 13.7. The lowest BCUT2D eigenvalue weighted by Crippen LogP contribution is -2.38. The maximum atomic E-state index is 12.0. The minimum absolute atomic E-state index is 0. The number of nitrogens with two attached hydrogens (primary N) is 1. The SMILES string of the molecule is CCOc1cccc(CNC(=O)C2CCCC2N)c1.Cl. The largest absolute Gasteiger partial charge is 0.494 e. The van der Waals surface area contributed by atoms with Crippen molar-refractivity contribution in [3.63, 3.8) is 0 Å². The van der Waals surface area contributed by atoms with Gasteiger partial charge in [0.15, 0.2) is 0 Å². The Labute approximate surface area is 126 Å². The van der Waals surface area contributed by atoms with Gasteiger partial charge in [0.2, 0.25) is 5.91 Å². The summed E-state index contributed by atoms with van der Waals surface area (Å²) in [6.45, 7) is 3.13. The zero-order valence-corrected chi connectivity index (χ0v) is 12.6. The number of hydrogen-bond donors (Lipinski definition) is 2. The first-order valence-electron chi connectivity index (χ1n) is 6.95. The van der Waals surface area contributed by atoms with Crippen LogP contribution in [0.1, 0.15) is 31.7 Å². The van der Waals surface area contributed by atoms with Crippen LogP contribution >= 0.6 is 12.4 Å². The van der Waals surface area contributed by atoms with Crippen LogP contribution in [-0.4, -0.2) is 18.6 Å². The van der Waals surface area contributed by atoms with Crippen LogP contribution in [-0.2, 0) is 11.3 Å². The third kappa shape index (κ3) is 4.39. The van der Waals surface area contributed by atoms with Gasteiger partial charge in [-0.3, -0.25) is 4.79 Å². The van der Waals surface area contributed by atoms with Crippen LogP contribution in [0.25, 0.3) is 0 Å². The molecule has 1 aliphatic carbocycles. The van der Waals surface area contributed by atoms with Gasteiger partial charge in [0.25, 0.3) is 0 Å². The third-order valence-electron chi connectivity index (χ3n) is 3.58. The highest BCUT2D eigenvalue weighted by Crippen LogP contribution is 2.24. The van der Waals surface area contributed by atoms with Crippen molar-refractivity contribution in [3.8, 4) is 5.75 Å². The van der Waals surface area contributed by atoms with E-state index in [1.807, 2.05) is 31.2 Å². The Morgan fingerprint density at radius 3 is 2.90 bits per heavy atom. The number of carbonyl (C=O) groups is 1. The highest BCUT2D eigenvalue weighted by atomic mass is 35.5. The maximum Gasteiger partial charge on any atom is 0.224 e. The van der Waals surface area contributed by atoms with Gasteiger partial charge in [-0.15, -0.1) is 12.4 Å². The van der Waals surface area contributed by atoms with E-state index in [2.05, 4.69) is 5.32 Å². The average molecular weight is 299 g/mol. The first kappa shape index (κ1) is 16.8. The van der Waals surface area contributed by atoms with Gasteiger partial charge < -0.3 is 15.8 Å². The number of carbonyl (C=O) groups excluding carboxylic acids is 1. The molecule has 3 N–H and O–H groups in total. The second-order valence-electron chi connectivity index (χ2n) is 5.00. The lowest BCUT2D eigenvalue weighted by Gasteiger charge is -2.15. The Bertz CT molecular complexity index is 440. The molecule has 0 heterocycles. The summed E-state index contributed by atoms with van der Waals surface area (Å²) < 4.78 is 5.44. The summed E-state index contributed by atoms with van der Waals surface area (Å²) in [5.41, 5.74) is 6.98. The highest BCUT2D eigenvalue weighted by Gasteiger charge is 2.29. The van der Waals surface area contributed by atoms with Gasteiger partial charge in [-0.2, -0.15) is 0 Å². The van der Waals surface area contributed by atoms with E-state index in [4.69, 9.17) is 10.5 Å². The molecule has 1 amide bonds. The van der Waals surface area contributed by atoms with Crippen LogP contribution in [0.3, 0.4) is 0 Å². The molecule has 4 nitrogen and oxygen atoms in total. The Kier molecular flexibility index (Phi) is 6.82. The van der Waals surface area contributed by atoms with E-state index in [-0.39, 0.29) is 30.3 Å². The Morgan fingerprint density at radius 2 is 2.25 bits per heavy atom. The Hall–Kier alpha value is -1.26. The summed E-state index contributed by atoms with van der Waals surface area (Å²) in [5, 5.41) is 2.97. The molecule has 5 heteroatoms. The van der Waals surface area contributed by atoms with Gasteiger partial charge >= 0.3 is 0 Å². The number of halogens is 1. The molecule has 0 bridgehead atoms. The number of nitrogens with one attached hydrogen (secondary N) is 1. The molecular formula is C15H23ClN2O2. The highest BCUT2D eigenvalue weighted by molar-refractivity contribution is 5.85. The molecule has 0 aromatic heterocycles. The van der Waals surface area contributed by atoms with Gasteiger partial charge in [-0.05, 0) is 37.5 Å². The predicted molar refractivity (Wildman–Crippen MR) is 82.0 cm³/mol. The van der Waals surface area contributed by atoms with E-state index in [0.717, 1.165) is 30.6 Å². The van der Waals surface area contributed by atoms with Gasteiger partial charge in [-0.25, -0.2) is 0 Å². The Balaban J connectivity index is 0.00000200. The van der Waals surface area contributed by atoms with Crippen molar-refractivity contribution in [3.05, 3.63) is 29.8 Å². The molecule has 1 aromatic rings. The van der Waals surface area contributed by atoms with Crippen LogP contribution < -0.4 is 15.8 Å². The number of ether oxygens (including phenoxy) is 1. The number of hydrogen-bond acceptors (Lipinski definition) is 3. The normalized spacial score (nSPS) is 21.1. The van der Waals surface area contributed by atoms with E-state index in [9.17, 15) is 4.79 Å².